The number of guanidine groups is 1. The van der Waals surface area contributed by atoms with Crippen molar-refractivity contribution < 1.29 is 9.47 Å². The van der Waals surface area contributed by atoms with Gasteiger partial charge >= 0.3 is 0 Å². The Morgan fingerprint density at radius 1 is 1.11 bits per heavy atom. The van der Waals surface area contributed by atoms with Crippen LogP contribution in [0.3, 0.4) is 0 Å². The minimum absolute atomic E-state index is 0.536. The summed E-state index contributed by atoms with van der Waals surface area (Å²) in [7, 11) is 3.50. The van der Waals surface area contributed by atoms with Crippen molar-refractivity contribution in [3.63, 3.8) is 0 Å². The summed E-state index contributed by atoms with van der Waals surface area (Å²) in [5, 5.41) is 6.76. The van der Waals surface area contributed by atoms with Crippen LogP contribution >= 0.6 is 0 Å². The molecule has 0 spiro atoms. The molecule has 0 aromatic heterocycles. The van der Waals surface area contributed by atoms with Gasteiger partial charge in [-0.1, -0.05) is 12.1 Å². The molecule has 0 aliphatic rings. The lowest BCUT2D eigenvalue weighted by Gasteiger charge is -2.30. The van der Waals surface area contributed by atoms with Crippen LogP contribution in [0.4, 0.5) is 0 Å². The van der Waals surface area contributed by atoms with Crippen LogP contribution in [-0.4, -0.2) is 63.4 Å². The molecule has 6 nitrogen and oxygen atoms in total. The van der Waals surface area contributed by atoms with Gasteiger partial charge in [-0.15, -0.1) is 0 Å². The molecule has 0 aliphatic heterocycles. The summed E-state index contributed by atoms with van der Waals surface area (Å²) >= 11 is 0. The molecule has 27 heavy (non-hydrogen) atoms. The molecule has 154 valence electrons. The first kappa shape index (κ1) is 23.2. The van der Waals surface area contributed by atoms with Crippen molar-refractivity contribution in [3.8, 4) is 5.75 Å². The average Bonchev–Trinajstić information content (AvgIpc) is 2.64. The number of hydrogen-bond donors (Lipinski definition) is 2. The number of aliphatic imine (C=N–C) groups is 1. The van der Waals surface area contributed by atoms with Crippen LogP contribution in [0.2, 0.25) is 0 Å². The van der Waals surface area contributed by atoms with Gasteiger partial charge in [0.2, 0.25) is 0 Å². The van der Waals surface area contributed by atoms with E-state index in [1.54, 1.807) is 14.2 Å². The van der Waals surface area contributed by atoms with Gasteiger partial charge in [-0.25, -0.2) is 0 Å². The summed E-state index contributed by atoms with van der Waals surface area (Å²) in [5.74, 6) is 1.70. The van der Waals surface area contributed by atoms with Crippen LogP contribution in [0, 0.1) is 0 Å². The normalized spacial score (nSPS) is 12.1. The van der Waals surface area contributed by atoms with Crippen molar-refractivity contribution in [3.05, 3.63) is 29.8 Å². The molecule has 1 aromatic rings. The van der Waals surface area contributed by atoms with Crippen LogP contribution in [0.5, 0.6) is 5.75 Å². The van der Waals surface area contributed by atoms with Crippen LogP contribution in [0.15, 0.2) is 29.3 Å². The van der Waals surface area contributed by atoms with Gasteiger partial charge in [0.25, 0.3) is 0 Å². The second-order valence-corrected chi connectivity index (χ2v) is 7.12. The Hall–Kier alpha value is -1.79. The van der Waals surface area contributed by atoms with Crippen molar-refractivity contribution in [2.45, 2.75) is 52.7 Å². The molecule has 6 heteroatoms. The molecular formula is C21H38N4O2. The Morgan fingerprint density at radius 2 is 1.85 bits per heavy atom. The molecule has 0 unspecified atom stereocenters. The number of benzene rings is 1. The fourth-order valence-corrected chi connectivity index (χ4v) is 2.96. The molecule has 1 aromatic carbocycles. The SMILES string of the molecule is CN=C(NCCN(C(C)C)C(C)C)NCc1cccc(OCCCOC)c1. The smallest absolute Gasteiger partial charge is 0.191 e. The fraction of sp³-hybridized carbons (Fsp3) is 0.667. The fourth-order valence-electron chi connectivity index (χ4n) is 2.96. The maximum absolute atomic E-state index is 5.76. The highest BCUT2D eigenvalue weighted by atomic mass is 16.5. The van der Waals surface area contributed by atoms with Gasteiger partial charge in [-0.2, -0.15) is 0 Å². The largest absolute Gasteiger partial charge is 0.493 e. The zero-order valence-electron chi connectivity index (χ0n) is 17.9. The highest BCUT2D eigenvalue weighted by molar-refractivity contribution is 5.79. The topological polar surface area (TPSA) is 58.1 Å². The summed E-state index contributed by atoms with van der Waals surface area (Å²) in [6, 6.07) is 9.22. The van der Waals surface area contributed by atoms with Crippen LogP contribution in [0.25, 0.3) is 0 Å². The molecule has 0 amide bonds. The molecule has 0 bridgehead atoms. The minimum Gasteiger partial charge on any atom is -0.493 e. The Labute approximate surface area is 165 Å². The molecular weight excluding hydrogens is 340 g/mol. The van der Waals surface area contributed by atoms with Crippen molar-refractivity contribution in [2.24, 2.45) is 4.99 Å². The summed E-state index contributed by atoms with van der Waals surface area (Å²) in [6.07, 6.45) is 0.888. The lowest BCUT2D eigenvalue weighted by Crippen LogP contribution is -2.45. The van der Waals surface area contributed by atoms with Gasteiger partial charge in [0.1, 0.15) is 5.75 Å². The number of ether oxygens (including phenoxy) is 2. The van der Waals surface area contributed by atoms with Gasteiger partial charge in [-0.3, -0.25) is 9.89 Å². The Kier molecular flexibility index (Phi) is 11.5. The number of rotatable bonds is 12. The third-order valence-electron chi connectivity index (χ3n) is 4.33. The standard InChI is InChI=1S/C21H38N4O2/c1-17(2)25(18(3)4)12-11-23-21(22-5)24-16-19-9-7-10-20(15-19)27-14-8-13-26-6/h7,9-10,15,17-18H,8,11-14,16H2,1-6H3,(H2,22,23,24). The van der Waals surface area contributed by atoms with Gasteiger partial charge in [0, 0.05) is 58.9 Å². The van der Waals surface area contributed by atoms with Gasteiger partial charge < -0.3 is 20.1 Å². The van der Waals surface area contributed by atoms with Crippen molar-refractivity contribution in [1.82, 2.24) is 15.5 Å². The van der Waals surface area contributed by atoms with Gasteiger partial charge in [0.15, 0.2) is 5.96 Å². The van der Waals surface area contributed by atoms with E-state index in [-0.39, 0.29) is 0 Å². The van der Waals surface area contributed by atoms with E-state index in [1.807, 2.05) is 12.1 Å². The molecule has 0 fully saturated rings. The molecule has 0 aliphatic carbocycles. The second kappa shape index (κ2) is 13.4. The summed E-state index contributed by atoms with van der Waals surface area (Å²) in [6.45, 7) is 12.9. The van der Waals surface area contributed by atoms with E-state index in [1.165, 1.54) is 0 Å². The highest BCUT2D eigenvalue weighted by Gasteiger charge is 2.12. The van der Waals surface area contributed by atoms with Crippen LogP contribution in [-0.2, 0) is 11.3 Å². The molecule has 0 radical (unpaired) electrons. The number of nitrogens with one attached hydrogen (secondary N) is 2. The third-order valence-corrected chi connectivity index (χ3v) is 4.33. The molecule has 0 saturated carbocycles. The predicted octanol–water partition coefficient (Wildman–Crippen LogP) is 2.89. The van der Waals surface area contributed by atoms with E-state index in [9.17, 15) is 0 Å². The van der Waals surface area contributed by atoms with E-state index < -0.39 is 0 Å². The van der Waals surface area contributed by atoms with Gasteiger partial charge in [-0.05, 0) is 45.4 Å². The monoisotopic (exact) mass is 378 g/mol. The minimum atomic E-state index is 0.536. The first-order valence-electron chi connectivity index (χ1n) is 9.88. The van der Waals surface area contributed by atoms with Crippen LogP contribution in [0.1, 0.15) is 39.7 Å². The first-order valence-corrected chi connectivity index (χ1v) is 9.88. The van der Waals surface area contributed by atoms with Crippen molar-refractivity contribution in [1.29, 1.82) is 0 Å². The maximum atomic E-state index is 5.76. The zero-order chi connectivity index (χ0) is 20.1. The zero-order valence-corrected chi connectivity index (χ0v) is 17.9. The van der Waals surface area contributed by atoms with E-state index in [0.717, 1.165) is 36.8 Å². The lowest BCUT2D eigenvalue weighted by molar-refractivity contribution is 0.172. The van der Waals surface area contributed by atoms with Gasteiger partial charge in [0.05, 0.1) is 6.61 Å². The maximum Gasteiger partial charge on any atom is 0.191 e. The summed E-state index contributed by atoms with van der Waals surface area (Å²) in [4.78, 5) is 6.78. The van der Waals surface area contributed by atoms with Crippen molar-refractivity contribution >= 4 is 5.96 Å². The molecule has 2 N–H and O–H groups in total. The Morgan fingerprint density at radius 3 is 2.48 bits per heavy atom. The average molecular weight is 379 g/mol. The molecule has 1 rings (SSSR count). The van der Waals surface area contributed by atoms with E-state index >= 15 is 0 Å². The number of nitrogens with zero attached hydrogens (tertiary/aromatic N) is 2. The first-order chi connectivity index (χ1) is 13.0. The van der Waals surface area contributed by atoms with E-state index in [2.05, 4.69) is 60.4 Å². The Bertz CT molecular complexity index is 539. The number of methoxy groups -OCH3 is 1. The quantitative estimate of drug-likeness (QED) is 0.333. The lowest BCUT2D eigenvalue weighted by atomic mass is 10.2. The molecule has 0 saturated heterocycles. The Balaban J connectivity index is 2.41. The van der Waals surface area contributed by atoms with Crippen molar-refractivity contribution in [2.75, 3.05) is 40.5 Å². The summed E-state index contributed by atoms with van der Waals surface area (Å²) in [5.41, 5.74) is 1.16. The second-order valence-electron chi connectivity index (χ2n) is 7.12. The summed E-state index contributed by atoms with van der Waals surface area (Å²) < 4.78 is 10.8. The van der Waals surface area contributed by atoms with E-state index in [0.29, 0.717) is 31.8 Å². The molecule has 0 atom stereocenters. The highest BCUT2D eigenvalue weighted by Crippen LogP contribution is 2.13. The van der Waals surface area contributed by atoms with E-state index in [4.69, 9.17) is 9.47 Å². The molecule has 0 heterocycles. The predicted molar refractivity (Wildman–Crippen MR) is 114 cm³/mol. The third kappa shape index (κ3) is 9.63. The van der Waals surface area contributed by atoms with Crippen LogP contribution < -0.4 is 15.4 Å². The number of hydrogen-bond acceptors (Lipinski definition) is 4.